The summed E-state index contributed by atoms with van der Waals surface area (Å²) in [6.07, 6.45) is -0.702. The van der Waals surface area contributed by atoms with E-state index in [0.29, 0.717) is 18.1 Å². The maximum Gasteiger partial charge on any atom is 0.407 e. The highest BCUT2D eigenvalue weighted by Crippen LogP contribution is 2.44. The number of carbonyl (C=O) groups is 4. The van der Waals surface area contributed by atoms with Gasteiger partial charge in [-0.1, -0.05) is 70.1 Å². The molecule has 2 N–H and O–H groups in total. The molecule has 9 nitrogen and oxygen atoms in total. The molecule has 1 atom stereocenters. The highest BCUT2D eigenvalue weighted by Gasteiger charge is 2.29. The van der Waals surface area contributed by atoms with E-state index in [9.17, 15) is 19.2 Å². The maximum atomic E-state index is 12.7. The summed E-state index contributed by atoms with van der Waals surface area (Å²) in [5.41, 5.74) is 4.46. The molecule has 1 fully saturated rings. The number of carbonyl (C=O) groups excluding carboxylic acids is 4. The Morgan fingerprint density at radius 2 is 1.72 bits per heavy atom. The first-order valence-electron chi connectivity index (χ1n) is 11.5. The van der Waals surface area contributed by atoms with Crippen LogP contribution in [0.3, 0.4) is 0 Å². The van der Waals surface area contributed by atoms with Crippen molar-refractivity contribution < 1.29 is 28.7 Å². The second kappa shape index (κ2) is 12.2. The summed E-state index contributed by atoms with van der Waals surface area (Å²) in [5, 5.41) is 5.10. The zero-order chi connectivity index (χ0) is 25.5. The van der Waals surface area contributed by atoms with Gasteiger partial charge in [-0.25, -0.2) is 9.59 Å². The number of ether oxygens (including phenoxy) is 2. The largest absolute Gasteiger partial charge is 0.467 e. The average Bonchev–Trinajstić information content (AvgIpc) is 3.22. The van der Waals surface area contributed by atoms with Gasteiger partial charge in [-0.2, -0.15) is 0 Å². The number of nitrogens with one attached hydrogen (secondary N) is 2. The molecule has 4 rings (SSSR count). The summed E-state index contributed by atoms with van der Waals surface area (Å²) in [7, 11) is 4.17. The summed E-state index contributed by atoms with van der Waals surface area (Å²) in [4.78, 5) is 50.8. The Bertz CT molecular complexity index is 1100. The zero-order valence-electron chi connectivity index (χ0n) is 19.7. The number of nitrogens with zero attached hydrogens (tertiary/aromatic N) is 1. The minimum atomic E-state index is -0.783. The predicted octanol–water partition coefficient (Wildman–Crippen LogP) is 2.41. The van der Waals surface area contributed by atoms with Crippen molar-refractivity contribution in [1.29, 1.82) is 0 Å². The lowest BCUT2D eigenvalue weighted by molar-refractivity contribution is -0.144. The van der Waals surface area contributed by atoms with Crippen molar-refractivity contribution in [3.63, 3.8) is 0 Å². The van der Waals surface area contributed by atoms with E-state index in [2.05, 4.69) is 22.8 Å². The lowest BCUT2D eigenvalue weighted by atomic mass is 9.98. The topological polar surface area (TPSA) is 114 Å². The molecule has 36 heavy (non-hydrogen) atoms. The molecule has 2 aromatic rings. The van der Waals surface area contributed by atoms with Crippen molar-refractivity contribution in [3.8, 4) is 11.1 Å². The number of hydrogen-bond donors (Lipinski definition) is 2. The Balaban J connectivity index is 1.30. The van der Waals surface area contributed by atoms with Crippen LogP contribution in [-0.2, 0) is 23.9 Å². The maximum absolute atomic E-state index is 12.7. The zero-order valence-corrected chi connectivity index (χ0v) is 21.4. The molecule has 0 bridgehead atoms. The van der Waals surface area contributed by atoms with Crippen LogP contribution in [0.15, 0.2) is 48.5 Å². The summed E-state index contributed by atoms with van der Waals surface area (Å²) in [6.45, 7) is -0.0474. The van der Waals surface area contributed by atoms with E-state index in [1.807, 2.05) is 36.4 Å². The Kier molecular flexibility index (Phi) is 8.76. The van der Waals surface area contributed by atoms with E-state index in [1.54, 1.807) is 0 Å². The van der Waals surface area contributed by atoms with Crippen molar-refractivity contribution >= 4 is 45.5 Å². The van der Waals surface area contributed by atoms with Crippen LogP contribution in [0.5, 0.6) is 0 Å². The highest BCUT2D eigenvalue weighted by molar-refractivity contribution is 8.76. The van der Waals surface area contributed by atoms with Gasteiger partial charge in [-0.15, -0.1) is 0 Å². The van der Waals surface area contributed by atoms with Gasteiger partial charge in [0.15, 0.2) is 0 Å². The van der Waals surface area contributed by atoms with Crippen molar-refractivity contribution in [2.24, 2.45) is 0 Å². The van der Waals surface area contributed by atoms with Gasteiger partial charge in [0.05, 0.1) is 13.7 Å². The molecule has 0 unspecified atom stereocenters. The Morgan fingerprint density at radius 3 is 2.39 bits per heavy atom. The van der Waals surface area contributed by atoms with Crippen LogP contribution in [0.1, 0.15) is 17.0 Å². The number of esters is 1. The van der Waals surface area contributed by atoms with Crippen LogP contribution in [-0.4, -0.2) is 79.7 Å². The van der Waals surface area contributed by atoms with Crippen molar-refractivity contribution in [2.45, 2.75) is 12.0 Å². The molecule has 11 heteroatoms. The lowest BCUT2D eigenvalue weighted by Gasteiger charge is -2.25. The average molecular weight is 530 g/mol. The van der Waals surface area contributed by atoms with Gasteiger partial charge in [0.2, 0.25) is 11.8 Å². The Labute approximate surface area is 217 Å². The van der Waals surface area contributed by atoms with Gasteiger partial charge in [-0.05, 0) is 22.3 Å². The first kappa shape index (κ1) is 25.9. The first-order chi connectivity index (χ1) is 17.5. The monoisotopic (exact) mass is 529 g/mol. The summed E-state index contributed by atoms with van der Waals surface area (Å²) in [5.74, 6) is -0.552. The molecule has 0 saturated carbocycles. The van der Waals surface area contributed by atoms with Crippen LogP contribution in [0.2, 0.25) is 0 Å². The molecule has 0 radical (unpaired) electrons. The SMILES string of the molecule is COC(=O)[C@@H]1CSSCCN(C(=O)CNC(=O)OCC2c3ccccc3-c3ccccc32)CC(=O)N1. The van der Waals surface area contributed by atoms with Crippen LogP contribution in [0.25, 0.3) is 11.1 Å². The molecule has 0 spiro atoms. The molecule has 190 valence electrons. The first-order valence-corrected chi connectivity index (χ1v) is 13.9. The van der Waals surface area contributed by atoms with E-state index < -0.39 is 29.9 Å². The third kappa shape index (κ3) is 6.14. The molecular weight excluding hydrogens is 502 g/mol. The second-order valence-corrected chi connectivity index (χ2v) is 10.9. The molecule has 2 aromatic carbocycles. The van der Waals surface area contributed by atoms with E-state index in [-0.39, 0.29) is 25.6 Å². The van der Waals surface area contributed by atoms with Gasteiger partial charge in [0, 0.05) is 24.0 Å². The number of methoxy groups -OCH3 is 1. The van der Waals surface area contributed by atoms with Crippen LogP contribution in [0.4, 0.5) is 4.79 Å². The van der Waals surface area contributed by atoms with E-state index >= 15 is 0 Å². The van der Waals surface area contributed by atoms with Gasteiger partial charge in [0.25, 0.3) is 0 Å². The van der Waals surface area contributed by atoms with Gasteiger partial charge >= 0.3 is 12.1 Å². The number of rotatable bonds is 5. The fourth-order valence-electron chi connectivity index (χ4n) is 4.25. The molecular formula is C25H27N3O6S2. The summed E-state index contributed by atoms with van der Waals surface area (Å²) < 4.78 is 10.2. The fourth-order valence-corrected chi connectivity index (χ4v) is 6.39. The number of hydrogen-bond acceptors (Lipinski definition) is 8. The number of amides is 3. The van der Waals surface area contributed by atoms with Crippen molar-refractivity contribution in [3.05, 3.63) is 59.7 Å². The molecule has 0 aromatic heterocycles. The third-order valence-corrected chi connectivity index (χ3v) is 8.39. The molecule has 3 amide bonds. The predicted molar refractivity (Wildman–Crippen MR) is 139 cm³/mol. The molecule has 1 aliphatic carbocycles. The van der Waals surface area contributed by atoms with Crippen LogP contribution in [0, 0.1) is 0 Å². The normalized spacial score (nSPS) is 17.9. The molecule has 1 heterocycles. The minimum absolute atomic E-state index is 0.0816. The molecule has 1 saturated heterocycles. The van der Waals surface area contributed by atoms with Crippen molar-refractivity contribution in [2.75, 3.05) is 44.9 Å². The minimum Gasteiger partial charge on any atom is -0.467 e. The van der Waals surface area contributed by atoms with Crippen molar-refractivity contribution in [1.82, 2.24) is 15.5 Å². The molecule has 2 aliphatic rings. The van der Waals surface area contributed by atoms with E-state index in [4.69, 9.17) is 9.47 Å². The highest BCUT2D eigenvalue weighted by atomic mass is 33.1. The lowest BCUT2D eigenvalue weighted by Crippen LogP contribution is -2.50. The third-order valence-electron chi connectivity index (χ3n) is 6.00. The number of fused-ring (bicyclic) bond motifs is 3. The fraction of sp³-hybridized carbons (Fsp3) is 0.360. The summed E-state index contributed by atoms with van der Waals surface area (Å²) >= 11 is 0. The quantitative estimate of drug-likeness (QED) is 0.449. The van der Waals surface area contributed by atoms with Gasteiger partial charge < -0.3 is 25.0 Å². The second-order valence-electron chi connectivity index (χ2n) is 8.24. The van der Waals surface area contributed by atoms with Gasteiger partial charge in [0.1, 0.15) is 19.2 Å². The summed E-state index contributed by atoms with van der Waals surface area (Å²) in [6, 6.07) is 15.3. The van der Waals surface area contributed by atoms with Crippen LogP contribution < -0.4 is 10.6 Å². The van der Waals surface area contributed by atoms with E-state index in [1.165, 1.54) is 33.6 Å². The smallest absolute Gasteiger partial charge is 0.407 e. The number of benzene rings is 2. The van der Waals surface area contributed by atoms with Gasteiger partial charge in [-0.3, -0.25) is 9.59 Å². The Hall–Kier alpha value is -3.18. The number of alkyl carbamates (subject to hydrolysis) is 1. The standard InChI is InChI=1S/C25H27N3O6S2/c1-33-24(31)21-15-36-35-11-10-28(13-22(29)27-21)23(30)12-26-25(32)34-14-20-18-8-4-2-6-16(18)17-7-3-5-9-19(17)20/h2-9,20-21H,10-15H2,1H3,(H,26,32)(H,27,29)/t21-/m0/s1. The van der Waals surface area contributed by atoms with E-state index in [0.717, 1.165) is 22.3 Å². The van der Waals surface area contributed by atoms with Crippen LogP contribution >= 0.6 is 21.6 Å². The Morgan fingerprint density at radius 1 is 1.06 bits per heavy atom. The molecule has 1 aliphatic heterocycles.